The van der Waals surface area contributed by atoms with Gasteiger partial charge in [-0.2, -0.15) is 13.2 Å². The molecule has 0 saturated carbocycles. The van der Waals surface area contributed by atoms with Gasteiger partial charge in [-0.05, 0) is 25.7 Å². The summed E-state index contributed by atoms with van der Waals surface area (Å²) in [5, 5.41) is 4.80. The van der Waals surface area contributed by atoms with E-state index in [4.69, 9.17) is 0 Å². The highest BCUT2D eigenvalue weighted by atomic mass is 19.4. The van der Waals surface area contributed by atoms with Crippen LogP contribution < -0.4 is 10.6 Å². The van der Waals surface area contributed by atoms with E-state index in [9.17, 15) is 18.0 Å². The normalized spacial score (nSPS) is 13.6. The molecule has 18 heavy (non-hydrogen) atoms. The molecule has 0 aliphatic heterocycles. The average Bonchev–Trinajstić information content (AvgIpc) is 1.93. The summed E-state index contributed by atoms with van der Waals surface area (Å²) in [6.07, 6.45) is -3.55. The maximum Gasteiger partial charge on any atom is 0.401 e. The highest BCUT2D eigenvalue weighted by Gasteiger charge is 2.28. The SMILES string of the molecule is CC(C)(C)CC(C)(C)NC(=O)CNCC(F)(F)F. The first-order chi connectivity index (χ1) is 7.81. The molecule has 0 heterocycles. The molecule has 0 aromatic rings. The van der Waals surface area contributed by atoms with Crippen molar-refractivity contribution in [2.24, 2.45) is 5.41 Å². The Hall–Kier alpha value is -0.780. The predicted octanol–water partition coefficient (Wildman–Crippen LogP) is 2.47. The lowest BCUT2D eigenvalue weighted by atomic mass is 9.82. The second-order valence-electron chi connectivity index (χ2n) is 6.39. The predicted molar refractivity (Wildman–Crippen MR) is 65.2 cm³/mol. The quantitative estimate of drug-likeness (QED) is 0.804. The van der Waals surface area contributed by atoms with Gasteiger partial charge in [0.1, 0.15) is 0 Å². The van der Waals surface area contributed by atoms with Crippen LogP contribution in [0.3, 0.4) is 0 Å². The Morgan fingerprint density at radius 3 is 1.94 bits per heavy atom. The number of rotatable bonds is 5. The Morgan fingerprint density at radius 1 is 1.06 bits per heavy atom. The van der Waals surface area contributed by atoms with E-state index in [-0.39, 0.29) is 12.0 Å². The van der Waals surface area contributed by atoms with Crippen molar-refractivity contribution in [2.75, 3.05) is 13.1 Å². The van der Waals surface area contributed by atoms with Gasteiger partial charge in [-0.3, -0.25) is 4.79 Å². The van der Waals surface area contributed by atoms with E-state index in [0.29, 0.717) is 0 Å². The van der Waals surface area contributed by atoms with Gasteiger partial charge in [-0.1, -0.05) is 20.8 Å². The second kappa shape index (κ2) is 5.91. The summed E-state index contributed by atoms with van der Waals surface area (Å²) in [7, 11) is 0. The Morgan fingerprint density at radius 2 is 1.56 bits per heavy atom. The minimum Gasteiger partial charge on any atom is -0.350 e. The van der Waals surface area contributed by atoms with Crippen LogP contribution in [0.2, 0.25) is 0 Å². The third-order valence-corrected chi connectivity index (χ3v) is 2.06. The maximum atomic E-state index is 11.9. The molecular formula is C12H23F3N2O. The first-order valence-corrected chi connectivity index (χ1v) is 5.89. The average molecular weight is 268 g/mol. The van der Waals surface area contributed by atoms with Crippen LogP contribution in [-0.2, 0) is 4.79 Å². The minimum atomic E-state index is -4.29. The molecule has 0 bridgehead atoms. The molecule has 0 aromatic carbocycles. The Balaban J connectivity index is 4.08. The first kappa shape index (κ1) is 17.2. The lowest BCUT2D eigenvalue weighted by molar-refractivity contribution is -0.129. The molecule has 0 atom stereocenters. The van der Waals surface area contributed by atoms with Crippen molar-refractivity contribution in [3.63, 3.8) is 0 Å². The number of amides is 1. The van der Waals surface area contributed by atoms with Crippen molar-refractivity contribution in [1.82, 2.24) is 10.6 Å². The largest absolute Gasteiger partial charge is 0.401 e. The third-order valence-electron chi connectivity index (χ3n) is 2.06. The molecule has 6 heteroatoms. The fraction of sp³-hybridized carbons (Fsp3) is 0.917. The Bertz CT molecular complexity index is 280. The molecule has 0 fully saturated rings. The van der Waals surface area contributed by atoms with Crippen LogP contribution in [0.4, 0.5) is 13.2 Å². The van der Waals surface area contributed by atoms with Gasteiger partial charge in [0.25, 0.3) is 0 Å². The zero-order valence-electron chi connectivity index (χ0n) is 11.7. The summed E-state index contributed by atoms with van der Waals surface area (Å²) in [4.78, 5) is 11.5. The van der Waals surface area contributed by atoms with Gasteiger partial charge in [0.15, 0.2) is 0 Å². The van der Waals surface area contributed by atoms with Gasteiger partial charge in [0.05, 0.1) is 13.1 Å². The van der Waals surface area contributed by atoms with Crippen molar-refractivity contribution >= 4 is 5.91 Å². The molecule has 0 saturated heterocycles. The van der Waals surface area contributed by atoms with Gasteiger partial charge >= 0.3 is 6.18 Å². The van der Waals surface area contributed by atoms with Gasteiger partial charge in [0.2, 0.25) is 5.91 Å². The van der Waals surface area contributed by atoms with Crippen molar-refractivity contribution in [2.45, 2.75) is 52.8 Å². The second-order valence-corrected chi connectivity index (χ2v) is 6.39. The zero-order valence-corrected chi connectivity index (χ0v) is 11.7. The molecule has 0 radical (unpaired) electrons. The highest BCUT2D eigenvalue weighted by Crippen LogP contribution is 2.26. The molecular weight excluding hydrogens is 245 g/mol. The van der Waals surface area contributed by atoms with E-state index in [1.54, 1.807) is 0 Å². The van der Waals surface area contributed by atoms with E-state index in [1.807, 2.05) is 34.6 Å². The zero-order chi connectivity index (χ0) is 14.6. The number of carbonyl (C=O) groups excluding carboxylic acids is 1. The molecule has 3 nitrogen and oxygen atoms in total. The van der Waals surface area contributed by atoms with Gasteiger partial charge in [-0.25, -0.2) is 0 Å². The number of nitrogens with one attached hydrogen (secondary N) is 2. The third kappa shape index (κ3) is 10.4. The van der Waals surface area contributed by atoms with Gasteiger partial charge in [0, 0.05) is 5.54 Å². The maximum absolute atomic E-state index is 11.9. The van der Waals surface area contributed by atoms with E-state index in [2.05, 4.69) is 10.6 Å². The molecule has 0 aliphatic carbocycles. The number of alkyl halides is 3. The number of hydrogen-bond acceptors (Lipinski definition) is 2. The summed E-state index contributed by atoms with van der Waals surface area (Å²) >= 11 is 0. The van der Waals surface area contributed by atoms with Crippen LogP contribution in [0.25, 0.3) is 0 Å². The van der Waals surface area contributed by atoms with Crippen LogP contribution in [0, 0.1) is 5.41 Å². The van der Waals surface area contributed by atoms with Crippen molar-refractivity contribution in [3.8, 4) is 0 Å². The lowest BCUT2D eigenvalue weighted by Gasteiger charge is -2.33. The van der Waals surface area contributed by atoms with Crippen LogP contribution >= 0.6 is 0 Å². The molecule has 2 N–H and O–H groups in total. The summed E-state index contributed by atoms with van der Waals surface area (Å²) in [5.41, 5.74) is -0.397. The van der Waals surface area contributed by atoms with Crippen LogP contribution in [0.1, 0.15) is 41.0 Å². The number of carbonyl (C=O) groups is 1. The molecule has 0 spiro atoms. The van der Waals surface area contributed by atoms with E-state index < -0.39 is 24.2 Å². The Labute approximate surface area is 107 Å². The van der Waals surface area contributed by atoms with E-state index >= 15 is 0 Å². The van der Waals surface area contributed by atoms with Gasteiger partial charge in [-0.15, -0.1) is 0 Å². The molecule has 0 unspecified atom stereocenters. The molecule has 0 aliphatic rings. The van der Waals surface area contributed by atoms with Crippen molar-refractivity contribution < 1.29 is 18.0 Å². The monoisotopic (exact) mass is 268 g/mol. The standard InChI is InChI=1S/C12H23F3N2O/c1-10(2,3)7-11(4,5)17-9(18)6-16-8-12(13,14)15/h16H,6-8H2,1-5H3,(H,17,18). The summed E-state index contributed by atoms with van der Waals surface area (Å²) < 4.78 is 35.6. The van der Waals surface area contributed by atoms with E-state index in [1.165, 1.54) is 0 Å². The summed E-state index contributed by atoms with van der Waals surface area (Å²) in [6, 6.07) is 0. The lowest BCUT2D eigenvalue weighted by Crippen LogP contribution is -2.49. The molecule has 0 rings (SSSR count). The highest BCUT2D eigenvalue weighted by molar-refractivity contribution is 5.78. The van der Waals surface area contributed by atoms with Gasteiger partial charge < -0.3 is 10.6 Å². The minimum absolute atomic E-state index is 0.0379. The molecule has 0 aromatic heterocycles. The number of halogens is 3. The van der Waals surface area contributed by atoms with Crippen LogP contribution in [0.15, 0.2) is 0 Å². The van der Waals surface area contributed by atoms with Crippen molar-refractivity contribution in [3.05, 3.63) is 0 Å². The van der Waals surface area contributed by atoms with Crippen LogP contribution in [0.5, 0.6) is 0 Å². The Kier molecular flexibility index (Phi) is 5.65. The fourth-order valence-electron chi connectivity index (χ4n) is 2.11. The summed E-state index contributed by atoms with van der Waals surface area (Å²) in [6.45, 7) is 8.38. The fourth-order valence-corrected chi connectivity index (χ4v) is 2.11. The smallest absolute Gasteiger partial charge is 0.350 e. The summed E-state index contributed by atoms with van der Waals surface area (Å²) in [5.74, 6) is -0.423. The molecule has 108 valence electrons. The first-order valence-electron chi connectivity index (χ1n) is 5.89. The van der Waals surface area contributed by atoms with E-state index in [0.717, 1.165) is 6.42 Å². The van der Waals surface area contributed by atoms with Crippen LogP contribution in [-0.4, -0.2) is 30.7 Å². The molecule has 1 amide bonds. The topological polar surface area (TPSA) is 41.1 Å². The number of hydrogen-bond donors (Lipinski definition) is 2. The van der Waals surface area contributed by atoms with Crippen molar-refractivity contribution in [1.29, 1.82) is 0 Å².